The molecule has 0 amide bonds. The third kappa shape index (κ3) is 7.06. The van der Waals surface area contributed by atoms with E-state index in [1.807, 2.05) is 0 Å². The molecule has 0 rings (SSSR count). The lowest BCUT2D eigenvalue weighted by atomic mass is 10.4. The summed E-state index contributed by atoms with van der Waals surface area (Å²) in [4.78, 5) is 10.3. The molecule has 0 bridgehead atoms. The van der Waals surface area contributed by atoms with Crippen molar-refractivity contribution in [2.75, 3.05) is 13.2 Å². The molecule has 0 heterocycles. The molecule has 0 saturated carbocycles. The fourth-order valence-electron chi connectivity index (χ4n) is 0.552. The minimum Gasteiger partial charge on any atom is -0.460 e. The first kappa shape index (κ1) is 10.2. The highest BCUT2D eigenvalue weighted by atomic mass is 16.6. The SMILES string of the molecule is [CH2]C(COCC=C)OC(C)=O. The predicted octanol–water partition coefficient (Wildman–Crippen LogP) is 0.955. The molecule has 0 fully saturated rings. The Bertz CT molecular complexity index is 131. The van der Waals surface area contributed by atoms with E-state index in [0.29, 0.717) is 13.2 Å². The van der Waals surface area contributed by atoms with E-state index in [4.69, 9.17) is 4.74 Å². The van der Waals surface area contributed by atoms with E-state index in [2.05, 4.69) is 18.2 Å². The zero-order chi connectivity index (χ0) is 8.69. The predicted molar refractivity (Wildman–Crippen MR) is 41.9 cm³/mol. The molecule has 0 spiro atoms. The number of hydrogen-bond donors (Lipinski definition) is 0. The van der Waals surface area contributed by atoms with Crippen LogP contribution in [0.3, 0.4) is 0 Å². The van der Waals surface area contributed by atoms with E-state index in [9.17, 15) is 4.79 Å². The Morgan fingerprint density at radius 3 is 2.82 bits per heavy atom. The first-order chi connectivity index (χ1) is 5.16. The van der Waals surface area contributed by atoms with E-state index < -0.39 is 6.10 Å². The van der Waals surface area contributed by atoms with Crippen molar-refractivity contribution < 1.29 is 14.3 Å². The van der Waals surface area contributed by atoms with E-state index >= 15 is 0 Å². The van der Waals surface area contributed by atoms with Gasteiger partial charge in [-0.25, -0.2) is 0 Å². The molecule has 3 nitrogen and oxygen atoms in total. The molecule has 0 aromatic carbocycles. The summed E-state index contributed by atoms with van der Waals surface area (Å²) in [7, 11) is 0. The van der Waals surface area contributed by atoms with Gasteiger partial charge in [0.15, 0.2) is 0 Å². The van der Waals surface area contributed by atoms with Gasteiger partial charge in [-0.2, -0.15) is 0 Å². The molecule has 0 aromatic rings. The Morgan fingerprint density at radius 1 is 1.73 bits per heavy atom. The highest BCUT2D eigenvalue weighted by Crippen LogP contribution is 1.91. The van der Waals surface area contributed by atoms with E-state index in [1.54, 1.807) is 6.08 Å². The minimum atomic E-state index is -0.424. The van der Waals surface area contributed by atoms with Crippen LogP contribution in [0.4, 0.5) is 0 Å². The van der Waals surface area contributed by atoms with Crippen LogP contribution < -0.4 is 0 Å². The van der Waals surface area contributed by atoms with E-state index in [-0.39, 0.29) is 5.97 Å². The number of carbonyl (C=O) groups excluding carboxylic acids is 1. The molecule has 0 aliphatic rings. The minimum absolute atomic E-state index is 0.311. The summed E-state index contributed by atoms with van der Waals surface area (Å²) >= 11 is 0. The molecule has 1 atom stereocenters. The standard InChI is InChI=1S/C8H13O3/c1-4-5-10-6-7(2)11-8(3)9/h4,7H,1-2,5-6H2,3H3. The van der Waals surface area contributed by atoms with Crippen molar-refractivity contribution in [1.82, 2.24) is 0 Å². The van der Waals surface area contributed by atoms with Crippen LogP contribution in [0.2, 0.25) is 0 Å². The van der Waals surface area contributed by atoms with Crippen LogP contribution in [0.1, 0.15) is 6.92 Å². The van der Waals surface area contributed by atoms with Gasteiger partial charge in [0.05, 0.1) is 13.2 Å². The van der Waals surface area contributed by atoms with Crippen LogP contribution >= 0.6 is 0 Å². The van der Waals surface area contributed by atoms with Gasteiger partial charge < -0.3 is 9.47 Å². The van der Waals surface area contributed by atoms with Crippen molar-refractivity contribution in [2.45, 2.75) is 13.0 Å². The third-order valence-electron chi connectivity index (χ3n) is 0.872. The molecule has 0 aliphatic carbocycles. The summed E-state index contributed by atoms with van der Waals surface area (Å²) in [6, 6.07) is 0. The lowest BCUT2D eigenvalue weighted by Crippen LogP contribution is -2.18. The summed E-state index contributed by atoms with van der Waals surface area (Å²) < 4.78 is 9.68. The van der Waals surface area contributed by atoms with Crippen LogP contribution in [-0.2, 0) is 14.3 Å². The van der Waals surface area contributed by atoms with Crippen LogP contribution in [-0.4, -0.2) is 25.3 Å². The summed E-state index contributed by atoms with van der Waals surface area (Å²) in [5.74, 6) is -0.341. The fourth-order valence-corrected chi connectivity index (χ4v) is 0.552. The van der Waals surface area contributed by atoms with Gasteiger partial charge in [-0.05, 0) is 6.92 Å². The monoisotopic (exact) mass is 157 g/mol. The van der Waals surface area contributed by atoms with Gasteiger partial charge in [0.25, 0.3) is 0 Å². The topological polar surface area (TPSA) is 35.5 Å². The Labute approximate surface area is 67.0 Å². The quantitative estimate of drug-likeness (QED) is 0.338. The molecule has 11 heavy (non-hydrogen) atoms. The van der Waals surface area contributed by atoms with Crippen LogP contribution in [0.15, 0.2) is 12.7 Å². The van der Waals surface area contributed by atoms with Gasteiger partial charge in [-0.1, -0.05) is 6.08 Å². The third-order valence-corrected chi connectivity index (χ3v) is 0.872. The second-order valence-electron chi connectivity index (χ2n) is 2.06. The molecule has 0 N–H and O–H groups in total. The molecule has 0 saturated heterocycles. The number of hydrogen-bond acceptors (Lipinski definition) is 3. The zero-order valence-electron chi connectivity index (χ0n) is 6.71. The van der Waals surface area contributed by atoms with Crippen molar-refractivity contribution >= 4 is 5.97 Å². The lowest BCUT2D eigenvalue weighted by molar-refractivity contribution is -0.146. The largest absolute Gasteiger partial charge is 0.460 e. The molecule has 1 radical (unpaired) electrons. The number of ether oxygens (including phenoxy) is 2. The second-order valence-corrected chi connectivity index (χ2v) is 2.06. The first-order valence-corrected chi connectivity index (χ1v) is 3.35. The van der Waals surface area contributed by atoms with Crippen LogP contribution in [0.25, 0.3) is 0 Å². The van der Waals surface area contributed by atoms with Crippen molar-refractivity contribution in [3.8, 4) is 0 Å². The maximum absolute atomic E-state index is 10.3. The Hall–Kier alpha value is -0.830. The van der Waals surface area contributed by atoms with Gasteiger partial charge in [-0.15, -0.1) is 6.58 Å². The number of carbonyl (C=O) groups is 1. The summed E-state index contributed by atoms with van der Waals surface area (Å²) in [6.07, 6.45) is 1.20. The van der Waals surface area contributed by atoms with Crippen molar-refractivity contribution in [1.29, 1.82) is 0 Å². The van der Waals surface area contributed by atoms with Crippen molar-refractivity contribution in [3.63, 3.8) is 0 Å². The van der Waals surface area contributed by atoms with Crippen molar-refractivity contribution in [3.05, 3.63) is 19.6 Å². The second kappa shape index (κ2) is 5.92. The molecular weight excluding hydrogens is 144 g/mol. The maximum atomic E-state index is 10.3. The highest BCUT2D eigenvalue weighted by molar-refractivity contribution is 5.66. The molecular formula is C8H13O3. The molecule has 0 aromatic heterocycles. The summed E-state index contributed by atoms with van der Waals surface area (Å²) in [5.41, 5.74) is 0. The highest BCUT2D eigenvalue weighted by Gasteiger charge is 2.03. The fraction of sp³-hybridized carbons (Fsp3) is 0.500. The number of esters is 1. The van der Waals surface area contributed by atoms with Gasteiger partial charge in [0, 0.05) is 6.92 Å². The van der Waals surface area contributed by atoms with Gasteiger partial charge in [0.1, 0.15) is 6.10 Å². The Balaban J connectivity index is 3.28. The molecule has 63 valence electrons. The van der Waals surface area contributed by atoms with Crippen molar-refractivity contribution in [2.24, 2.45) is 0 Å². The average Bonchev–Trinajstić information content (AvgIpc) is 1.86. The lowest BCUT2D eigenvalue weighted by Gasteiger charge is -2.10. The summed E-state index contributed by atoms with van der Waals surface area (Å²) in [5, 5.41) is 0. The molecule has 0 aliphatic heterocycles. The van der Waals surface area contributed by atoms with E-state index in [1.165, 1.54) is 6.92 Å². The van der Waals surface area contributed by atoms with Gasteiger partial charge in [-0.3, -0.25) is 4.79 Å². The Kier molecular flexibility index (Phi) is 5.47. The van der Waals surface area contributed by atoms with Crippen LogP contribution in [0.5, 0.6) is 0 Å². The van der Waals surface area contributed by atoms with Gasteiger partial charge >= 0.3 is 5.97 Å². The molecule has 1 unspecified atom stereocenters. The van der Waals surface area contributed by atoms with Crippen LogP contribution in [0, 0.1) is 6.92 Å². The molecule has 3 heteroatoms. The maximum Gasteiger partial charge on any atom is 0.302 e. The summed E-state index contributed by atoms with van der Waals surface area (Å²) in [6.45, 7) is 9.11. The smallest absolute Gasteiger partial charge is 0.302 e. The zero-order valence-corrected chi connectivity index (χ0v) is 6.71. The first-order valence-electron chi connectivity index (χ1n) is 3.35. The normalized spacial score (nSPS) is 12.2. The van der Waals surface area contributed by atoms with E-state index in [0.717, 1.165) is 0 Å². The Morgan fingerprint density at radius 2 is 2.36 bits per heavy atom. The number of rotatable bonds is 5. The van der Waals surface area contributed by atoms with Gasteiger partial charge in [0.2, 0.25) is 0 Å². The average molecular weight is 157 g/mol.